The number of nitro groups is 1. The van der Waals surface area contributed by atoms with Crippen molar-refractivity contribution >= 4 is 18.3 Å². The summed E-state index contributed by atoms with van der Waals surface area (Å²) in [5.74, 6) is 6.03. The first kappa shape index (κ1) is 10.5. The van der Waals surface area contributed by atoms with E-state index >= 15 is 0 Å². The van der Waals surface area contributed by atoms with E-state index in [9.17, 15) is 10.1 Å². The fourth-order valence-electron chi connectivity index (χ4n) is 0.843. The summed E-state index contributed by atoms with van der Waals surface area (Å²) in [6.45, 7) is 0. The highest BCUT2D eigenvalue weighted by Crippen LogP contribution is 2.13. The lowest BCUT2D eigenvalue weighted by Crippen LogP contribution is -1.93. The van der Waals surface area contributed by atoms with E-state index in [0.717, 1.165) is 0 Å². The van der Waals surface area contributed by atoms with Crippen molar-refractivity contribution in [3.63, 3.8) is 0 Å². The van der Waals surface area contributed by atoms with E-state index in [1.807, 2.05) is 0 Å². The van der Waals surface area contributed by atoms with Crippen molar-refractivity contribution in [3.8, 4) is 11.8 Å². The zero-order valence-corrected chi connectivity index (χ0v) is 8.20. The molecule has 1 aromatic heterocycles. The maximum atomic E-state index is 10.5. The summed E-state index contributed by atoms with van der Waals surface area (Å²) in [7, 11) is 0. The molecule has 0 bridgehead atoms. The number of aromatic nitrogens is 1. The van der Waals surface area contributed by atoms with Gasteiger partial charge in [-0.25, -0.2) is 4.98 Å². The number of hydrogen-bond acceptors (Lipinski definition) is 4. The highest BCUT2D eigenvalue weighted by molar-refractivity contribution is 7.80. The van der Waals surface area contributed by atoms with E-state index in [2.05, 4.69) is 29.5 Å². The molecule has 1 rings (SSSR count). The van der Waals surface area contributed by atoms with E-state index in [4.69, 9.17) is 0 Å². The van der Waals surface area contributed by atoms with Crippen molar-refractivity contribution in [1.82, 2.24) is 4.98 Å². The van der Waals surface area contributed by atoms with Gasteiger partial charge >= 0.3 is 5.69 Å². The summed E-state index contributed by atoms with van der Waals surface area (Å²) < 4.78 is 0. The van der Waals surface area contributed by atoms with Crippen LogP contribution in [0.2, 0.25) is 0 Å². The average Bonchev–Trinajstić information content (AvgIpc) is 2.19. The number of pyridine rings is 1. The summed E-state index contributed by atoms with van der Waals surface area (Å²) in [4.78, 5) is 13.9. The molecule has 0 fully saturated rings. The van der Waals surface area contributed by atoms with Gasteiger partial charge in [0, 0.05) is 24.4 Å². The normalized spacial score (nSPS) is 8.93. The van der Waals surface area contributed by atoms with Gasteiger partial charge < -0.3 is 0 Å². The van der Waals surface area contributed by atoms with Crippen molar-refractivity contribution in [2.45, 2.75) is 6.42 Å². The molecule has 0 aliphatic heterocycles. The Balaban J connectivity index is 2.97. The molecule has 72 valence electrons. The van der Waals surface area contributed by atoms with Gasteiger partial charge in [0.15, 0.2) is 5.69 Å². The molecule has 0 saturated carbocycles. The molecule has 0 saturated heterocycles. The molecule has 5 heteroatoms. The molecule has 0 unspecified atom stereocenters. The van der Waals surface area contributed by atoms with Gasteiger partial charge in [0.25, 0.3) is 0 Å². The molecule has 14 heavy (non-hydrogen) atoms. The molecule has 0 atom stereocenters. The van der Waals surface area contributed by atoms with E-state index in [-0.39, 0.29) is 11.4 Å². The van der Waals surface area contributed by atoms with Crippen LogP contribution < -0.4 is 0 Å². The lowest BCUT2D eigenvalue weighted by molar-refractivity contribution is -0.385. The zero-order chi connectivity index (χ0) is 10.4. The van der Waals surface area contributed by atoms with E-state index < -0.39 is 4.92 Å². The highest BCUT2D eigenvalue weighted by Gasteiger charge is 2.10. The second-order valence-corrected chi connectivity index (χ2v) is 2.85. The molecule has 1 aromatic rings. The van der Waals surface area contributed by atoms with Crippen LogP contribution in [0.4, 0.5) is 5.69 Å². The monoisotopic (exact) mass is 208 g/mol. The molecule has 1 heterocycles. The first-order valence-corrected chi connectivity index (χ1v) is 4.58. The second-order valence-electron chi connectivity index (χ2n) is 2.40. The Labute approximate surface area is 86.9 Å². The summed E-state index contributed by atoms with van der Waals surface area (Å²) >= 11 is 3.98. The van der Waals surface area contributed by atoms with Crippen molar-refractivity contribution in [2.75, 3.05) is 5.75 Å². The van der Waals surface area contributed by atoms with E-state index in [1.165, 1.54) is 18.3 Å². The first-order chi connectivity index (χ1) is 6.75. The largest absolute Gasteiger partial charge is 0.303 e. The fourth-order valence-corrected chi connectivity index (χ4v) is 0.954. The summed E-state index contributed by atoms with van der Waals surface area (Å²) in [6.07, 6.45) is 2.08. The van der Waals surface area contributed by atoms with Crippen molar-refractivity contribution in [2.24, 2.45) is 0 Å². The maximum absolute atomic E-state index is 10.5. The minimum absolute atomic E-state index is 0.0563. The molecular weight excluding hydrogens is 200 g/mol. The van der Waals surface area contributed by atoms with E-state index in [1.54, 1.807) is 0 Å². The quantitative estimate of drug-likeness (QED) is 0.348. The summed E-state index contributed by atoms with van der Waals surface area (Å²) in [5.41, 5.74) is 0.151. The van der Waals surface area contributed by atoms with Crippen molar-refractivity contribution in [3.05, 3.63) is 34.1 Å². The molecule has 0 aromatic carbocycles. The summed E-state index contributed by atoms with van der Waals surface area (Å²) in [6, 6.07) is 2.90. The van der Waals surface area contributed by atoms with Gasteiger partial charge in [-0.2, -0.15) is 12.6 Å². The Morgan fingerprint density at radius 1 is 1.64 bits per heavy atom. The number of thiol groups is 1. The molecule has 4 nitrogen and oxygen atoms in total. The topological polar surface area (TPSA) is 56.0 Å². The van der Waals surface area contributed by atoms with E-state index in [0.29, 0.717) is 12.2 Å². The van der Waals surface area contributed by atoms with Gasteiger partial charge in [-0.3, -0.25) is 10.1 Å². The summed E-state index contributed by atoms with van der Waals surface area (Å²) in [5, 5.41) is 10.5. The lowest BCUT2D eigenvalue weighted by Gasteiger charge is -1.92. The predicted molar refractivity (Wildman–Crippen MR) is 56.2 cm³/mol. The van der Waals surface area contributed by atoms with Crippen LogP contribution >= 0.6 is 12.6 Å². The minimum Gasteiger partial charge on any atom is -0.258 e. The maximum Gasteiger partial charge on any atom is 0.303 e. The van der Waals surface area contributed by atoms with Gasteiger partial charge in [-0.1, -0.05) is 5.92 Å². The average molecular weight is 208 g/mol. The number of nitrogens with zero attached hydrogens (tertiary/aromatic N) is 2. The smallest absolute Gasteiger partial charge is 0.258 e. The predicted octanol–water partition coefficient (Wildman–Crippen LogP) is 1.66. The Morgan fingerprint density at radius 3 is 3.07 bits per heavy atom. The number of rotatable bonds is 2. The van der Waals surface area contributed by atoms with Gasteiger partial charge in [-0.05, 0) is 12.0 Å². The van der Waals surface area contributed by atoms with Crippen molar-refractivity contribution in [1.29, 1.82) is 0 Å². The molecule has 0 spiro atoms. The standard InChI is InChI=1S/C9H8N2O2S/c12-11(13)9-5-3-6-10-8(9)4-1-2-7-14/h3,5-6,14H,2,7H2. The molecule has 0 radical (unpaired) electrons. The highest BCUT2D eigenvalue weighted by atomic mass is 32.1. The van der Waals surface area contributed by atoms with Gasteiger partial charge in [0.1, 0.15) is 0 Å². The third kappa shape index (κ3) is 2.75. The molecular formula is C9H8N2O2S. The minimum atomic E-state index is -0.488. The Bertz CT molecular complexity index is 395. The number of hydrogen-bond donors (Lipinski definition) is 1. The molecule has 0 aliphatic carbocycles. The van der Waals surface area contributed by atoms with Crippen LogP contribution in [0.1, 0.15) is 12.1 Å². The third-order valence-corrected chi connectivity index (χ3v) is 1.65. The van der Waals surface area contributed by atoms with Gasteiger partial charge in [-0.15, -0.1) is 0 Å². The first-order valence-electron chi connectivity index (χ1n) is 3.95. The molecule has 0 N–H and O–H groups in total. The Kier molecular flexibility index (Phi) is 3.95. The SMILES string of the molecule is O=[N+]([O-])c1cccnc1C#CCCS. The Hall–Kier alpha value is -1.54. The Morgan fingerprint density at radius 2 is 2.43 bits per heavy atom. The molecule has 0 aliphatic rings. The van der Waals surface area contributed by atoms with Gasteiger partial charge in [0.2, 0.25) is 0 Å². The van der Waals surface area contributed by atoms with Crippen LogP contribution in [0.25, 0.3) is 0 Å². The van der Waals surface area contributed by atoms with Gasteiger partial charge in [0.05, 0.1) is 4.92 Å². The van der Waals surface area contributed by atoms with Crippen LogP contribution in [0.3, 0.4) is 0 Å². The van der Waals surface area contributed by atoms with Crippen LogP contribution in [-0.2, 0) is 0 Å². The van der Waals surface area contributed by atoms with Crippen LogP contribution in [-0.4, -0.2) is 15.7 Å². The van der Waals surface area contributed by atoms with Crippen LogP contribution in [0, 0.1) is 22.0 Å². The third-order valence-electron chi connectivity index (χ3n) is 1.43. The fraction of sp³-hybridized carbons (Fsp3) is 0.222. The molecule has 0 amide bonds. The lowest BCUT2D eigenvalue weighted by atomic mass is 10.3. The van der Waals surface area contributed by atoms with Crippen LogP contribution in [0.5, 0.6) is 0 Å². The zero-order valence-electron chi connectivity index (χ0n) is 7.30. The van der Waals surface area contributed by atoms with Crippen LogP contribution in [0.15, 0.2) is 18.3 Å². The van der Waals surface area contributed by atoms with Crippen molar-refractivity contribution < 1.29 is 4.92 Å². The second kappa shape index (κ2) is 5.25.